The van der Waals surface area contributed by atoms with Crippen LogP contribution in [0.25, 0.3) is 0 Å². The molecule has 2 aromatic rings. The second-order valence-corrected chi connectivity index (χ2v) is 4.97. The lowest BCUT2D eigenvalue weighted by molar-refractivity contribution is 0.478. The van der Waals surface area contributed by atoms with E-state index in [9.17, 15) is 0 Å². The highest BCUT2D eigenvalue weighted by molar-refractivity contribution is 5.47. The van der Waals surface area contributed by atoms with Crippen molar-refractivity contribution in [1.29, 1.82) is 0 Å². The molecule has 3 rings (SSSR count). The fourth-order valence-corrected chi connectivity index (χ4v) is 2.51. The Kier molecular flexibility index (Phi) is 3.19. The first-order chi connectivity index (χ1) is 9.22. The van der Waals surface area contributed by atoms with Crippen LogP contribution in [0.1, 0.15) is 41.6 Å². The smallest absolute Gasteiger partial charge is 0.213 e. The van der Waals surface area contributed by atoms with Crippen molar-refractivity contribution in [3.63, 3.8) is 0 Å². The zero-order chi connectivity index (χ0) is 13.2. The quantitative estimate of drug-likeness (QED) is 0.916. The van der Waals surface area contributed by atoms with E-state index in [1.165, 1.54) is 24.1 Å². The van der Waals surface area contributed by atoms with Crippen LogP contribution in [0.3, 0.4) is 0 Å². The third kappa shape index (κ3) is 2.59. The molecule has 0 saturated carbocycles. The largest absolute Gasteiger partial charge is 0.444 e. The molecule has 1 N–H and O–H groups in total. The average Bonchev–Trinajstić information content (AvgIpc) is 2.81. The summed E-state index contributed by atoms with van der Waals surface area (Å²) < 4.78 is 5.46. The molecule has 0 unspecified atom stereocenters. The van der Waals surface area contributed by atoms with E-state index in [-0.39, 0.29) is 0 Å². The van der Waals surface area contributed by atoms with Crippen molar-refractivity contribution in [2.24, 2.45) is 0 Å². The second kappa shape index (κ2) is 4.99. The molecule has 19 heavy (non-hydrogen) atoms. The second-order valence-electron chi connectivity index (χ2n) is 4.97. The topological polar surface area (TPSA) is 63.8 Å². The summed E-state index contributed by atoms with van der Waals surface area (Å²) in [6.07, 6.45) is 6.29. The van der Waals surface area contributed by atoms with E-state index >= 15 is 0 Å². The SMILES string of the molecule is Cc1nc2c(c(NCc3ncc(C)o3)n1)CCCC2. The number of fused-ring (bicyclic) bond motifs is 1. The molecule has 0 atom stereocenters. The summed E-state index contributed by atoms with van der Waals surface area (Å²) in [4.78, 5) is 13.3. The van der Waals surface area contributed by atoms with Crippen LogP contribution in [-0.2, 0) is 19.4 Å². The molecule has 0 saturated heterocycles. The van der Waals surface area contributed by atoms with Crippen molar-refractivity contribution in [1.82, 2.24) is 15.0 Å². The molecule has 5 heteroatoms. The molecule has 0 amide bonds. The predicted octanol–water partition coefficient (Wildman–Crippen LogP) is 2.57. The van der Waals surface area contributed by atoms with Crippen molar-refractivity contribution in [2.75, 3.05) is 5.32 Å². The van der Waals surface area contributed by atoms with Gasteiger partial charge >= 0.3 is 0 Å². The molecule has 1 aliphatic carbocycles. The molecular formula is C14H18N4O. The van der Waals surface area contributed by atoms with Gasteiger partial charge in [-0.15, -0.1) is 0 Å². The monoisotopic (exact) mass is 258 g/mol. The number of hydrogen-bond acceptors (Lipinski definition) is 5. The number of rotatable bonds is 3. The Labute approximate surface area is 112 Å². The van der Waals surface area contributed by atoms with Gasteiger partial charge in [0.15, 0.2) is 0 Å². The zero-order valence-corrected chi connectivity index (χ0v) is 11.4. The normalized spacial score (nSPS) is 14.2. The lowest BCUT2D eigenvalue weighted by Crippen LogP contribution is -2.13. The van der Waals surface area contributed by atoms with Gasteiger partial charge in [0.25, 0.3) is 0 Å². The van der Waals surface area contributed by atoms with Crippen LogP contribution >= 0.6 is 0 Å². The highest BCUT2D eigenvalue weighted by Crippen LogP contribution is 2.25. The Hall–Kier alpha value is -1.91. The van der Waals surface area contributed by atoms with Gasteiger partial charge in [-0.3, -0.25) is 0 Å². The van der Waals surface area contributed by atoms with E-state index in [0.29, 0.717) is 12.4 Å². The molecule has 0 radical (unpaired) electrons. The van der Waals surface area contributed by atoms with Crippen LogP contribution in [0.4, 0.5) is 5.82 Å². The van der Waals surface area contributed by atoms with Crippen molar-refractivity contribution < 1.29 is 4.42 Å². The van der Waals surface area contributed by atoms with Gasteiger partial charge in [-0.1, -0.05) is 0 Å². The fourth-order valence-electron chi connectivity index (χ4n) is 2.51. The molecule has 0 spiro atoms. The molecule has 5 nitrogen and oxygen atoms in total. The van der Waals surface area contributed by atoms with Gasteiger partial charge in [0.05, 0.1) is 12.7 Å². The van der Waals surface area contributed by atoms with Crippen molar-refractivity contribution in [3.05, 3.63) is 34.9 Å². The van der Waals surface area contributed by atoms with Crippen LogP contribution in [0.2, 0.25) is 0 Å². The van der Waals surface area contributed by atoms with Gasteiger partial charge in [-0.2, -0.15) is 0 Å². The third-order valence-electron chi connectivity index (χ3n) is 3.37. The van der Waals surface area contributed by atoms with Crippen molar-refractivity contribution >= 4 is 5.82 Å². The van der Waals surface area contributed by atoms with Gasteiger partial charge in [0.2, 0.25) is 5.89 Å². The summed E-state index contributed by atoms with van der Waals surface area (Å²) in [5, 5.41) is 3.34. The molecule has 2 heterocycles. The lowest BCUT2D eigenvalue weighted by atomic mass is 9.96. The average molecular weight is 258 g/mol. The minimum absolute atomic E-state index is 0.566. The van der Waals surface area contributed by atoms with Crippen LogP contribution in [0.15, 0.2) is 10.6 Å². The maximum atomic E-state index is 5.46. The minimum Gasteiger partial charge on any atom is -0.444 e. The number of anilines is 1. The van der Waals surface area contributed by atoms with E-state index in [0.717, 1.165) is 30.2 Å². The Morgan fingerprint density at radius 2 is 2.05 bits per heavy atom. The molecule has 0 bridgehead atoms. The van der Waals surface area contributed by atoms with Gasteiger partial charge in [0, 0.05) is 11.3 Å². The molecule has 100 valence electrons. The molecule has 0 aromatic carbocycles. The van der Waals surface area contributed by atoms with E-state index in [1.807, 2.05) is 13.8 Å². The maximum Gasteiger partial charge on any atom is 0.213 e. The van der Waals surface area contributed by atoms with Crippen molar-refractivity contribution in [2.45, 2.75) is 46.1 Å². The summed E-state index contributed by atoms with van der Waals surface area (Å²) in [5.41, 5.74) is 2.46. The van der Waals surface area contributed by atoms with Gasteiger partial charge in [-0.25, -0.2) is 15.0 Å². The molecule has 0 aliphatic heterocycles. The van der Waals surface area contributed by atoms with Crippen LogP contribution in [0, 0.1) is 13.8 Å². The Balaban J connectivity index is 1.82. The summed E-state index contributed by atoms with van der Waals surface area (Å²) in [6, 6.07) is 0. The molecular weight excluding hydrogens is 240 g/mol. The number of hydrogen-bond donors (Lipinski definition) is 1. The molecule has 2 aromatic heterocycles. The predicted molar refractivity (Wildman–Crippen MR) is 72.0 cm³/mol. The zero-order valence-electron chi connectivity index (χ0n) is 11.4. The van der Waals surface area contributed by atoms with E-state index in [1.54, 1.807) is 6.20 Å². The molecule has 1 aliphatic rings. The van der Waals surface area contributed by atoms with Gasteiger partial charge < -0.3 is 9.73 Å². The lowest BCUT2D eigenvalue weighted by Gasteiger charge is -2.18. The van der Waals surface area contributed by atoms with E-state index < -0.39 is 0 Å². The fraction of sp³-hybridized carbons (Fsp3) is 0.500. The Bertz CT molecular complexity index is 591. The van der Waals surface area contributed by atoms with E-state index in [2.05, 4.69) is 20.3 Å². The minimum atomic E-state index is 0.566. The highest BCUT2D eigenvalue weighted by atomic mass is 16.4. The summed E-state index contributed by atoms with van der Waals surface area (Å²) in [5.74, 6) is 3.29. The first-order valence-electron chi connectivity index (χ1n) is 6.74. The first-order valence-corrected chi connectivity index (χ1v) is 6.74. The number of nitrogens with one attached hydrogen (secondary N) is 1. The number of aryl methyl sites for hydroxylation is 3. The standard InChI is InChI=1S/C14H18N4O/c1-9-7-15-13(19-9)8-16-14-11-5-3-4-6-12(11)17-10(2)18-14/h7H,3-6,8H2,1-2H3,(H,16,17,18). The van der Waals surface area contributed by atoms with Crippen LogP contribution in [-0.4, -0.2) is 15.0 Å². The van der Waals surface area contributed by atoms with Crippen LogP contribution < -0.4 is 5.32 Å². The van der Waals surface area contributed by atoms with Crippen molar-refractivity contribution in [3.8, 4) is 0 Å². The molecule has 0 fully saturated rings. The maximum absolute atomic E-state index is 5.46. The van der Waals surface area contributed by atoms with Crippen LogP contribution in [0.5, 0.6) is 0 Å². The number of aromatic nitrogens is 3. The summed E-state index contributed by atoms with van der Waals surface area (Å²) in [7, 11) is 0. The Morgan fingerprint density at radius 3 is 2.84 bits per heavy atom. The van der Waals surface area contributed by atoms with Gasteiger partial charge in [-0.05, 0) is 39.5 Å². The first kappa shape index (κ1) is 12.1. The number of oxazole rings is 1. The summed E-state index contributed by atoms with van der Waals surface area (Å²) >= 11 is 0. The highest BCUT2D eigenvalue weighted by Gasteiger charge is 2.16. The summed E-state index contributed by atoms with van der Waals surface area (Å²) in [6.45, 7) is 4.40. The third-order valence-corrected chi connectivity index (χ3v) is 3.37. The number of nitrogens with zero attached hydrogens (tertiary/aromatic N) is 3. The Morgan fingerprint density at radius 1 is 1.21 bits per heavy atom. The van der Waals surface area contributed by atoms with Gasteiger partial charge in [0.1, 0.15) is 17.4 Å². The van der Waals surface area contributed by atoms with E-state index in [4.69, 9.17) is 4.42 Å².